The highest BCUT2D eigenvalue weighted by molar-refractivity contribution is 6.05. The van der Waals surface area contributed by atoms with Gasteiger partial charge in [0.25, 0.3) is 0 Å². The van der Waals surface area contributed by atoms with Crippen LogP contribution >= 0.6 is 0 Å². The molecular weight excluding hydrogens is 270 g/mol. The molecule has 2 rings (SSSR count). The maximum atomic E-state index is 12.2. The number of amides is 2. The smallest absolute Gasteiger partial charge is 0.326 e. The average Bonchev–Trinajstić information content (AvgIpc) is 2.67. The molecule has 5 nitrogen and oxygen atoms in total. The molecular formula is C16H19NO4. The number of esters is 1. The summed E-state index contributed by atoms with van der Waals surface area (Å²) in [5.41, 5.74) is 2.15. The number of carbonyl (C=O) groups excluding carboxylic acids is 3. The van der Waals surface area contributed by atoms with E-state index in [1.165, 1.54) is 0 Å². The molecule has 0 aliphatic carbocycles. The second-order valence-corrected chi connectivity index (χ2v) is 5.22. The van der Waals surface area contributed by atoms with E-state index in [4.69, 9.17) is 4.74 Å². The quantitative estimate of drug-likeness (QED) is 0.608. The zero-order valence-electron chi connectivity index (χ0n) is 12.3. The number of imide groups is 1. The molecule has 5 heteroatoms. The topological polar surface area (TPSA) is 63.7 Å². The fraction of sp³-hybridized carbons (Fsp3) is 0.438. The second kappa shape index (κ2) is 6.52. The third kappa shape index (κ3) is 3.68. The van der Waals surface area contributed by atoms with Crippen LogP contribution in [0.3, 0.4) is 0 Å². The van der Waals surface area contributed by atoms with Crippen molar-refractivity contribution in [1.29, 1.82) is 0 Å². The Labute approximate surface area is 123 Å². The van der Waals surface area contributed by atoms with Gasteiger partial charge < -0.3 is 4.74 Å². The van der Waals surface area contributed by atoms with Crippen molar-refractivity contribution in [2.45, 2.75) is 26.7 Å². The Morgan fingerprint density at radius 2 is 2.14 bits per heavy atom. The van der Waals surface area contributed by atoms with E-state index < -0.39 is 5.97 Å². The number of likely N-dealkylation sites (tertiary alicyclic amines) is 1. The van der Waals surface area contributed by atoms with Gasteiger partial charge in [-0.05, 0) is 25.8 Å². The third-order valence-corrected chi connectivity index (χ3v) is 3.49. The van der Waals surface area contributed by atoms with Gasteiger partial charge in [0.1, 0.15) is 6.54 Å². The second-order valence-electron chi connectivity index (χ2n) is 5.22. The Kier molecular flexibility index (Phi) is 4.73. The van der Waals surface area contributed by atoms with Crippen LogP contribution in [0.25, 0.3) is 0 Å². The SMILES string of the molecule is CCOC(=O)CN1C(=O)CC(Cc2cccc(C)c2)C1=O. The zero-order valence-corrected chi connectivity index (χ0v) is 12.3. The third-order valence-electron chi connectivity index (χ3n) is 3.49. The van der Waals surface area contributed by atoms with Gasteiger partial charge in [0.2, 0.25) is 11.8 Å². The number of carbonyl (C=O) groups is 3. The first kappa shape index (κ1) is 15.2. The van der Waals surface area contributed by atoms with Crippen LogP contribution in [0.2, 0.25) is 0 Å². The van der Waals surface area contributed by atoms with Crippen molar-refractivity contribution in [3.63, 3.8) is 0 Å². The van der Waals surface area contributed by atoms with Gasteiger partial charge in [0, 0.05) is 6.42 Å². The number of benzene rings is 1. The highest BCUT2D eigenvalue weighted by Crippen LogP contribution is 2.23. The molecule has 21 heavy (non-hydrogen) atoms. The van der Waals surface area contributed by atoms with Crippen LogP contribution in [0.15, 0.2) is 24.3 Å². The van der Waals surface area contributed by atoms with Crippen LogP contribution in [0.4, 0.5) is 0 Å². The first-order chi connectivity index (χ1) is 10.0. The molecule has 0 N–H and O–H groups in total. The summed E-state index contributed by atoms with van der Waals surface area (Å²) in [6.07, 6.45) is 0.678. The highest BCUT2D eigenvalue weighted by Gasteiger charge is 2.39. The fourth-order valence-corrected chi connectivity index (χ4v) is 2.54. The van der Waals surface area contributed by atoms with E-state index in [0.29, 0.717) is 6.42 Å². The van der Waals surface area contributed by atoms with Crippen LogP contribution in [0, 0.1) is 12.8 Å². The molecule has 1 saturated heterocycles. The Bertz CT molecular complexity index is 567. The minimum atomic E-state index is -0.546. The Morgan fingerprint density at radius 1 is 1.38 bits per heavy atom. The van der Waals surface area contributed by atoms with Crippen molar-refractivity contribution >= 4 is 17.8 Å². The molecule has 0 aromatic heterocycles. The molecule has 1 aromatic rings. The molecule has 1 unspecified atom stereocenters. The summed E-state index contributed by atoms with van der Waals surface area (Å²) in [5, 5.41) is 0. The largest absolute Gasteiger partial charge is 0.465 e. The van der Waals surface area contributed by atoms with E-state index in [-0.39, 0.29) is 37.3 Å². The molecule has 0 bridgehead atoms. The van der Waals surface area contributed by atoms with Crippen LogP contribution in [-0.2, 0) is 25.5 Å². The standard InChI is InChI=1S/C16H19NO4/c1-3-21-15(19)10-17-14(18)9-13(16(17)20)8-12-6-4-5-11(2)7-12/h4-7,13H,3,8-10H2,1-2H3. The summed E-state index contributed by atoms with van der Waals surface area (Å²) in [5.74, 6) is -1.51. The maximum absolute atomic E-state index is 12.2. The summed E-state index contributed by atoms with van der Waals surface area (Å²) in [6, 6.07) is 7.87. The van der Waals surface area contributed by atoms with Gasteiger partial charge in [-0.1, -0.05) is 29.8 Å². The van der Waals surface area contributed by atoms with E-state index in [0.717, 1.165) is 16.0 Å². The molecule has 2 amide bonds. The molecule has 1 aliphatic heterocycles. The lowest BCUT2D eigenvalue weighted by Gasteiger charge is -2.14. The van der Waals surface area contributed by atoms with Crippen molar-refractivity contribution in [2.75, 3.05) is 13.2 Å². The summed E-state index contributed by atoms with van der Waals surface area (Å²) in [6.45, 7) is 3.63. The van der Waals surface area contributed by atoms with Crippen molar-refractivity contribution in [3.8, 4) is 0 Å². The average molecular weight is 289 g/mol. The molecule has 1 aliphatic rings. The lowest BCUT2D eigenvalue weighted by Crippen LogP contribution is -2.36. The molecule has 1 heterocycles. The molecule has 1 atom stereocenters. The van der Waals surface area contributed by atoms with Crippen molar-refractivity contribution in [1.82, 2.24) is 4.90 Å². The number of rotatable bonds is 5. The first-order valence-electron chi connectivity index (χ1n) is 7.06. The van der Waals surface area contributed by atoms with E-state index in [1.54, 1.807) is 6.92 Å². The van der Waals surface area contributed by atoms with Gasteiger partial charge in [-0.2, -0.15) is 0 Å². The fourth-order valence-electron chi connectivity index (χ4n) is 2.54. The monoisotopic (exact) mass is 289 g/mol. The molecule has 1 fully saturated rings. The zero-order chi connectivity index (χ0) is 15.4. The Balaban J connectivity index is 2.02. The minimum absolute atomic E-state index is 0.159. The van der Waals surface area contributed by atoms with Crippen LogP contribution in [0.5, 0.6) is 0 Å². The van der Waals surface area contributed by atoms with E-state index in [2.05, 4.69) is 0 Å². The lowest BCUT2D eigenvalue weighted by atomic mass is 9.97. The summed E-state index contributed by atoms with van der Waals surface area (Å²) in [4.78, 5) is 36.6. The van der Waals surface area contributed by atoms with E-state index in [9.17, 15) is 14.4 Å². The number of hydrogen-bond donors (Lipinski definition) is 0. The minimum Gasteiger partial charge on any atom is -0.465 e. The summed E-state index contributed by atoms with van der Waals surface area (Å²) in [7, 11) is 0. The van der Waals surface area contributed by atoms with E-state index in [1.807, 2.05) is 31.2 Å². The van der Waals surface area contributed by atoms with Gasteiger partial charge in [-0.15, -0.1) is 0 Å². The molecule has 0 radical (unpaired) electrons. The van der Waals surface area contributed by atoms with Gasteiger partial charge in [0.05, 0.1) is 12.5 Å². The lowest BCUT2D eigenvalue weighted by molar-refractivity contribution is -0.152. The van der Waals surface area contributed by atoms with Crippen molar-refractivity contribution in [2.24, 2.45) is 5.92 Å². The summed E-state index contributed by atoms with van der Waals surface area (Å²) < 4.78 is 4.78. The number of hydrogen-bond acceptors (Lipinski definition) is 4. The highest BCUT2D eigenvalue weighted by atomic mass is 16.5. The normalized spacial score (nSPS) is 18.2. The van der Waals surface area contributed by atoms with Crippen molar-refractivity contribution < 1.29 is 19.1 Å². The predicted molar refractivity (Wildman–Crippen MR) is 76.3 cm³/mol. The van der Waals surface area contributed by atoms with Crippen LogP contribution in [0.1, 0.15) is 24.5 Å². The molecule has 1 aromatic carbocycles. The van der Waals surface area contributed by atoms with Crippen LogP contribution < -0.4 is 0 Å². The first-order valence-corrected chi connectivity index (χ1v) is 7.06. The van der Waals surface area contributed by atoms with Gasteiger partial charge in [-0.3, -0.25) is 19.3 Å². The number of ether oxygens (including phenoxy) is 1. The van der Waals surface area contributed by atoms with Crippen LogP contribution in [-0.4, -0.2) is 35.8 Å². The Hall–Kier alpha value is -2.17. The van der Waals surface area contributed by atoms with Gasteiger partial charge in [-0.25, -0.2) is 0 Å². The molecule has 112 valence electrons. The van der Waals surface area contributed by atoms with Gasteiger partial charge in [0.15, 0.2) is 0 Å². The maximum Gasteiger partial charge on any atom is 0.326 e. The molecule has 0 spiro atoms. The van der Waals surface area contributed by atoms with E-state index >= 15 is 0 Å². The Morgan fingerprint density at radius 3 is 2.81 bits per heavy atom. The predicted octanol–water partition coefficient (Wildman–Crippen LogP) is 1.48. The molecule has 0 saturated carbocycles. The van der Waals surface area contributed by atoms with Gasteiger partial charge >= 0.3 is 5.97 Å². The van der Waals surface area contributed by atoms with Crippen molar-refractivity contribution in [3.05, 3.63) is 35.4 Å². The number of nitrogens with zero attached hydrogens (tertiary/aromatic N) is 1. The number of aryl methyl sites for hydroxylation is 1. The summed E-state index contributed by atoms with van der Waals surface area (Å²) >= 11 is 0.